The molecule has 0 spiro atoms. The Labute approximate surface area is 206 Å². The molecule has 0 bridgehead atoms. The minimum absolute atomic E-state index is 0.0246. The molecule has 2 aliphatic carbocycles. The summed E-state index contributed by atoms with van der Waals surface area (Å²) in [6, 6.07) is 13.1. The summed E-state index contributed by atoms with van der Waals surface area (Å²) in [7, 11) is 1.58. The first-order valence-electron chi connectivity index (χ1n) is 12.6. The van der Waals surface area contributed by atoms with Gasteiger partial charge in [0.25, 0.3) is 5.91 Å². The lowest BCUT2D eigenvalue weighted by atomic mass is 10.1. The Hall–Kier alpha value is -3.42. The molecule has 8 nitrogen and oxygen atoms in total. The zero-order valence-electron chi connectivity index (χ0n) is 20.3. The van der Waals surface area contributed by atoms with Crippen molar-refractivity contribution in [3.8, 4) is 5.75 Å². The quantitative estimate of drug-likeness (QED) is 0.469. The van der Waals surface area contributed by atoms with E-state index >= 15 is 0 Å². The maximum absolute atomic E-state index is 13.1. The van der Waals surface area contributed by atoms with Gasteiger partial charge in [-0.1, -0.05) is 31.0 Å². The average molecular weight is 476 g/mol. The normalized spacial score (nSPS) is 19.3. The highest BCUT2D eigenvalue weighted by atomic mass is 16.5. The smallest absolute Gasteiger partial charge is 0.257 e. The van der Waals surface area contributed by atoms with Gasteiger partial charge in [-0.3, -0.25) is 14.6 Å². The molecule has 0 radical (unpaired) electrons. The molecule has 5 rings (SSSR count). The summed E-state index contributed by atoms with van der Waals surface area (Å²) >= 11 is 0. The summed E-state index contributed by atoms with van der Waals surface area (Å²) in [5.74, 6) is 2.10. The largest absolute Gasteiger partial charge is 0.496 e. The Balaban J connectivity index is 1.30. The van der Waals surface area contributed by atoms with Crippen LogP contribution in [-0.2, 0) is 4.79 Å². The summed E-state index contributed by atoms with van der Waals surface area (Å²) in [6.45, 7) is 3.08. The SMILES string of the molecule is COc1ccccc1C(=O)N1CCN(C(=NC2(C(=O)NCCC3CC3)CC2)c2ccccn2)CC1. The maximum atomic E-state index is 13.1. The number of amides is 2. The van der Waals surface area contributed by atoms with Crippen LogP contribution in [0, 0.1) is 5.92 Å². The van der Waals surface area contributed by atoms with Crippen molar-refractivity contribution >= 4 is 17.6 Å². The molecule has 8 heteroatoms. The molecule has 2 aromatic rings. The van der Waals surface area contributed by atoms with E-state index in [-0.39, 0.29) is 11.8 Å². The number of hydrogen-bond donors (Lipinski definition) is 1. The number of para-hydroxylation sites is 1. The Kier molecular flexibility index (Phi) is 6.70. The molecule has 0 unspecified atom stereocenters. The van der Waals surface area contributed by atoms with Crippen LogP contribution in [0.3, 0.4) is 0 Å². The average Bonchev–Trinajstić information content (AvgIpc) is 3.84. The number of aromatic nitrogens is 1. The molecule has 0 atom stereocenters. The highest BCUT2D eigenvalue weighted by Crippen LogP contribution is 2.41. The monoisotopic (exact) mass is 475 g/mol. The predicted octanol–water partition coefficient (Wildman–Crippen LogP) is 2.74. The van der Waals surface area contributed by atoms with E-state index in [1.807, 2.05) is 35.2 Å². The van der Waals surface area contributed by atoms with E-state index in [2.05, 4.69) is 15.2 Å². The molecule has 35 heavy (non-hydrogen) atoms. The molecule has 184 valence electrons. The number of ether oxygens (including phenoxy) is 1. The number of carbonyl (C=O) groups is 2. The van der Waals surface area contributed by atoms with Crippen LogP contribution in [0.4, 0.5) is 0 Å². The lowest BCUT2D eigenvalue weighted by Crippen LogP contribution is -2.51. The molecule has 1 saturated heterocycles. The number of aliphatic imine (C=N–C) groups is 1. The van der Waals surface area contributed by atoms with Crippen molar-refractivity contribution in [3.05, 3.63) is 59.9 Å². The van der Waals surface area contributed by atoms with Crippen molar-refractivity contribution in [2.24, 2.45) is 10.9 Å². The Morgan fingerprint density at radius 2 is 1.77 bits per heavy atom. The molecule has 3 fully saturated rings. The molecule has 1 aromatic heterocycles. The van der Waals surface area contributed by atoms with E-state index in [0.717, 1.165) is 43.3 Å². The van der Waals surface area contributed by atoms with E-state index in [1.54, 1.807) is 25.4 Å². The van der Waals surface area contributed by atoms with E-state index < -0.39 is 5.54 Å². The van der Waals surface area contributed by atoms with Gasteiger partial charge in [-0.15, -0.1) is 0 Å². The lowest BCUT2D eigenvalue weighted by Gasteiger charge is -2.37. The number of nitrogens with zero attached hydrogens (tertiary/aromatic N) is 4. The van der Waals surface area contributed by atoms with Crippen molar-refractivity contribution in [2.75, 3.05) is 39.8 Å². The fourth-order valence-electron chi connectivity index (χ4n) is 4.57. The van der Waals surface area contributed by atoms with Gasteiger partial charge in [-0.05, 0) is 49.4 Å². The van der Waals surface area contributed by atoms with Gasteiger partial charge in [0.1, 0.15) is 17.0 Å². The van der Waals surface area contributed by atoms with Crippen LogP contribution in [0.15, 0.2) is 53.7 Å². The van der Waals surface area contributed by atoms with Gasteiger partial charge in [0.15, 0.2) is 5.84 Å². The highest BCUT2D eigenvalue weighted by Gasteiger charge is 2.51. The number of amidine groups is 1. The molecule has 2 saturated carbocycles. The minimum atomic E-state index is -0.694. The van der Waals surface area contributed by atoms with Crippen molar-refractivity contribution in [2.45, 2.75) is 37.6 Å². The molecule has 2 heterocycles. The third-order valence-electron chi connectivity index (χ3n) is 7.10. The van der Waals surface area contributed by atoms with E-state index in [9.17, 15) is 9.59 Å². The molecule has 1 aromatic carbocycles. The van der Waals surface area contributed by atoms with Gasteiger partial charge in [-0.25, -0.2) is 4.99 Å². The number of piperazine rings is 1. The second-order valence-electron chi connectivity index (χ2n) is 9.65. The van der Waals surface area contributed by atoms with Crippen molar-refractivity contribution < 1.29 is 14.3 Å². The summed E-state index contributed by atoms with van der Waals surface area (Å²) < 4.78 is 5.38. The first kappa shape index (κ1) is 23.3. The van der Waals surface area contributed by atoms with Crippen LogP contribution < -0.4 is 10.1 Å². The number of rotatable bonds is 8. The first-order chi connectivity index (χ1) is 17.1. The second-order valence-corrected chi connectivity index (χ2v) is 9.65. The molecular weight excluding hydrogens is 442 g/mol. The molecule has 1 aliphatic heterocycles. The highest BCUT2D eigenvalue weighted by molar-refractivity contribution is 6.01. The van der Waals surface area contributed by atoms with Crippen LogP contribution in [0.2, 0.25) is 0 Å². The Morgan fingerprint density at radius 1 is 1.06 bits per heavy atom. The van der Waals surface area contributed by atoms with Crippen LogP contribution in [0.1, 0.15) is 48.2 Å². The standard InChI is InChI=1S/C27H33N5O3/c1-35-23-8-3-2-6-21(23)25(33)32-18-16-31(17-19-32)24(22-7-4-5-14-28-22)30-27(12-13-27)26(34)29-15-11-20-9-10-20/h2-8,14,20H,9-13,15-19H2,1H3,(H,29,34). The Bertz CT molecular complexity index is 1090. The maximum Gasteiger partial charge on any atom is 0.257 e. The van der Waals surface area contributed by atoms with Crippen molar-refractivity contribution in [1.29, 1.82) is 0 Å². The third kappa shape index (κ3) is 5.31. The minimum Gasteiger partial charge on any atom is -0.496 e. The number of pyridine rings is 1. The number of nitrogens with one attached hydrogen (secondary N) is 1. The summed E-state index contributed by atoms with van der Waals surface area (Å²) in [5.41, 5.74) is 0.636. The molecule has 2 amide bonds. The molecule has 1 N–H and O–H groups in total. The van der Waals surface area contributed by atoms with Gasteiger partial charge < -0.3 is 19.9 Å². The van der Waals surface area contributed by atoms with Crippen molar-refractivity contribution in [3.63, 3.8) is 0 Å². The third-order valence-corrected chi connectivity index (χ3v) is 7.10. The van der Waals surface area contributed by atoms with Gasteiger partial charge in [0, 0.05) is 38.9 Å². The summed E-state index contributed by atoms with van der Waals surface area (Å²) in [4.78, 5) is 39.7. The number of hydrogen-bond acceptors (Lipinski definition) is 5. The van der Waals surface area contributed by atoms with E-state index in [4.69, 9.17) is 9.73 Å². The van der Waals surface area contributed by atoms with Gasteiger partial charge in [0.05, 0.1) is 12.7 Å². The van der Waals surface area contributed by atoms with Crippen LogP contribution in [0.5, 0.6) is 5.75 Å². The lowest BCUT2D eigenvalue weighted by molar-refractivity contribution is -0.123. The number of methoxy groups -OCH3 is 1. The zero-order valence-corrected chi connectivity index (χ0v) is 20.3. The molecular formula is C27H33N5O3. The van der Waals surface area contributed by atoms with E-state index in [0.29, 0.717) is 37.5 Å². The number of benzene rings is 1. The van der Waals surface area contributed by atoms with Crippen LogP contribution in [0.25, 0.3) is 0 Å². The Morgan fingerprint density at radius 3 is 2.43 bits per heavy atom. The second kappa shape index (κ2) is 10.1. The zero-order chi connectivity index (χ0) is 24.3. The van der Waals surface area contributed by atoms with Crippen LogP contribution >= 0.6 is 0 Å². The topological polar surface area (TPSA) is 87.1 Å². The fraction of sp³-hybridized carbons (Fsp3) is 0.481. The fourth-order valence-corrected chi connectivity index (χ4v) is 4.57. The first-order valence-corrected chi connectivity index (χ1v) is 12.6. The van der Waals surface area contributed by atoms with E-state index in [1.165, 1.54) is 12.8 Å². The van der Waals surface area contributed by atoms with Gasteiger partial charge in [0.2, 0.25) is 5.91 Å². The predicted molar refractivity (Wildman–Crippen MR) is 134 cm³/mol. The van der Waals surface area contributed by atoms with Gasteiger partial charge >= 0.3 is 0 Å². The van der Waals surface area contributed by atoms with Crippen molar-refractivity contribution in [1.82, 2.24) is 20.1 Å². The molecule has 3 aliphatic rings. The summed E-state index contributed by atoms with van der Waals surface area (Å²) in [5, 5.41) is 3.12. The van der Waals surface area contributed by atoms with Crippen LogP contribution in [-0.4, -0.2) is 77.8 Å². The number of carbonyl (C=O) groups excluding carboxylic acids is 2. The summed E-state index contributed by atoms with van der Waals surface area (Å²) in [6.07, 6.45) is 6.89. The van der Waals surface area contributed by atoms with Gasteiger partial charge in [-0.2, -0.15) is 0 Å².